The molecule has 1 aliphatic rings. The van der Waals surface area contributed by atoms with Gasteiger partial charge in [-0.15, -0.1) is 0 Å². The highest BCUT2D eigenvalue weighted by Gasteiger charge is 2.17. The molecule has 1 unspecified atom stereocenters. The number of carboxylic acids is 1. The highest BCUT2D eigenvalue weighted by atomic mass is 16.5. The maximum absolute atomic E-state index is 10.5. The summed E-state index contributed by atoms with van der Waals surface area (Å²) in [5.74, 6) is -0.788. The number of rotatable bonds is 6. The van der Waals surface area contributed by atoms with E-state index in [0.29, 0.717) is 6.61 Å². The van der Waals surface area contributed by atoms with Crippen LogP contribution in [0.25, 0.3) is 0 Å². The van der Waals surface area contributed by atoms with E-state index in [2.05, 4.69) is 29.2 Å². The van der Waals surface area contributed by atoms with Gasteiger partial charge < -0.3 is 9.84 Å². The normalized spacial score (nSPS) is 20.5. The number of ether oxygens (including phenoxy) is 1. The number of nitrogens with zero attached hydrogens (tertiary/aromatic N) is 1. The molecule has 1 aliphatic heterocycles. The molecular formula is C16H23NO3. The smallest absolute Gasteiger partial charge is 0.305 e. The molecule has 4 heteroatoms. The Kier molecular flexibility index (Phi) is 6.02. The number of aliphatic carboxylic acids is 1. The Balaban J connectivity index is 1.73. The summed E-state index contributed by atoms with van der Waals surface area (Å²) < 4.78 is 5.66. The first-order valence-electron chi connectivity index (χ1n) is 7.34. The predicted octanol–water partition coefficient (Wildman–Crippen LogP) is 2.53. The van der Waals surface area contributed by atoms with E-state index < -0.39 is 5.97 Å². The maximum Gasteiger partial charge on any atom is 0.305 e. The van der Waals surface area contributed by atoms with Crippen molar-refractivity contribution in [3.05, 3.63) is 35.9 Å². The van der Waals surface area contributed by atoms with Crippen LogP contribution in [0.4, 0.5) is 0 Å². The molecule has 1 fully saturated rings. The topological polar surface area (TPSA) is 49.8 Å². The summed E-state index contributed by atoms with van der Waals surface area (Å²) in [7, 11) is 0. The number of hydrogen-bond donors (Lipinski definition) is 1. The molecule has 0 aromatic heterocycles. The Hall–Kier alpha value is -1.39. The zero-order valence-corrected chi connectivity index (χ0v) is 11.8. The summed E-state index contributed by atoms with van der Waals surface area (Å²) in [5.41, 5.74) is 1.35. The summed E-state index contributed by atoms with van der Waals surface area (Å²) in [6, 6.07) is 10.5. The van der Waals surface area contributed by atoms with Crippen molar-refractivity contribution in [3.8, 4) is 0 Å². The highest BCUT2D eigenvalue weighted by molar-refractivity contribution is 5.66. The summed E-state index contributed by atoms with van der Waals surface area (Å²) in [5, 5.41) is 8.62. The third kappa shape index (κ3) is 5.31. The lowest BCUT2D eigenvalue weighted by molar-refractivity contribution is -0.138. The zero-order chi connectivity index (χ0) is 14.2. The van der Waals surface area contributed by atoms with Gasteiger partial charge in [-0.05, 0) is 31.4 Å². The highest BCUT2D eigenvalue weighted by Crippen LogP contribution is 2.16. The lowest BCUT2D eigenvalue weighted by Crippen LogP contribution is -2.25. The molecule has 0 radical (unpaired) electrons. The monoisotopic (exact) mass is 277 g/mol. The first-order chi connectivity index (χ1) is 9.74. The van der Waals surface area contributed by atoms with Gasteiger partial charge in [-0.3, -0.25) is 9.69 Å². The Morgan fingerprint density at radius 3 is 2.80 bits per heavy atom. The molecule has 4 nitrogen and oxygen atoms in total. The van der Waals surface area contributed by atoms with Gasteiger partial charge in [0.2, 0.25) is 0 Å². The molecule has 110 valence electrons. The summed E-state index contributed by atoms with van der Waals surface area (Å²) in [4.78, 5) is 12.9. The van der Waals surface area contributed by atoms with Gasteiger partial charge >= 0.3 is 5.97 Å². The van der Waals surface area contributed by atoms with Gasteiger partial charge in [0.15, 0.2) is 0 Å². The first-order valence-corrected chi connectivity index (χ1v) is 7.34. The van der Waals surface area contributed by atoms with Crippen LogP contribution in [-0.2, 0) is 16.1 Å². The molecular weight excluding hydrogens is 254 g/mol. The van der Waals surface area contributed by atoms with Crippen LogP contribution in [0.2, 0.25) is 0 Å². The number of carbonyl (C=O) groups is 1. The van der Waals surface area contributed by atoms with Crippen LogP contribution < -0.4 is 0 Å². The standard InChI is InChI=1S/C16H23NO3/c18-16(19)9-12-20-15-7-4-10-17(11-8-15)13-14-5-2-1-3-6-14/h1-3,5-6,15H,4,7-13H2,(H,18,19). The lowest BCUT2D eigenvalue weighted by Gasteiger charge is -2.20. The Morgan fingerprint density at radius 2 is 2.05 bits per heavy atom. The molecule has 2 rings (SSSR count). The largest absolute Gasteiger partial charge is 0.481 e. The van der Waals surface area contributed by atoms with Crippen LogP contribution in [0, 0.1) is 0 Å². The van der Waals surface area contributed by atoms with Crippen molar-refractivity contribution in [2.45, 2.75) is 38.3 Å². The van der Waals surface area contributed by atoms with Crippen molar-refractivity contribution in [1.29, 1.82) is 0 Å². The van der Waals surface area contributed by atoms with E-state index in [1.54, 1.807) is 0 Å². The fourth-order valence-electron chi connectivity index (χ4n) is 2.60. The van der Waals surface area contributed by atoms with E-state index in [9.17, 15) is 4.79 Å². The fraction of sp³-hybridized carbons (Fsp3) is 0.562. The molecule has 0 amide bonds. The summed E-state index contributed by atoms with van der Waals surface area (Å²) in [6.07, 6.45) is 3.46. The zero-order valence-electron chi connectivity index (χ0n) is 11.8. The number of hydrogen-bond acceptors (Lipinski definition) is 3. The minimum Gasteiger partial charge on any atom is -0.481 e. The molecule has 1 aromatic carbocycles. The molecule has 0 aliphatic carbocycles. The van der Waals surface area contributed by atoms with Crippen molar-refractivity contribution >= 4 is 5.97 Å². The lowest BCUT2D eigenvalue weighted by atomic mass is 10.1. The molecule has 1 N–H and O–H groups in total. The Labute approximate surface area is 120 Å². The van der Waals surface area contributed by atoms with Crippen molar-refractivity contribution in [2.75, 3.05) is 19.7 Å². The molecule has 1 saturated heterocycles. The van der Waals surface area contributed by atoms with Crippen molar-refractivity contribution in [2.24, 2.45) is 0 Å². The van der Waals surface area contributed by atoms with Crippen LogP contribution in [0.15, 0.2) is 30.3 Å². The fourth-order valence-corrected chi connectivity index (χ4v) is 2.60. The quantitative estimate of drug-likeness (QED) is 0.868. The third-order valence-corrected chi connectivity index (χ3v) is 3.69. The van der Waals surface area contributed by atoms with E-state index >= 15 is 0 Å². The average Bonchev–Trinajstić information content (AvgIpc) is 2.65. The molecule has 1 atom stereocenters. The summed E-state index contributed by atoms with van der Waals surface area (Å²) in [6.45, 7) is 3.43. The molecule has 1 aromatic rings. The molecule has 0 saturated carbocycles. The van der Waals surface area contributed by atoms with Crippen molar-refractivity contribution in [3.63, 3.8) is 0 Å². The van der Waals surface area contributed by atoms with E-state index in [1.807, 2.05) is 6.07 Å². The van der Waals surface area contributed by atoms with E-state index in [1.165, 1.54) is 5.56 Å². The first kappa shape index (κ1) is 15.0. The van der Waals surface area contributed by atoms with E-state index in [-0.39, 0.29) is 12.5 Å². The minimum atomic E-state index is -0.788. The van der Waals surface area contributed by atoms with Gasteiger partial charge in [-0.25, -0.2) is 0 Å². The van der Waals surface area contributed by atoms with E-state index in [4.69, 9.17) is 9.84 Å². The third-order valence-electron chi connectivity index (χ3n) is 3.69. The number of carboxylic acid groups (broad SMARTS) is 1. The predicted molar refractivity (Wildman–Crippen MR) is 77.6 cm³/mol. The minimum absolute atomic E-state index is 0.101. The van der Waals surface area contributed by atoms with E-state index in [0.717, 1.165) is 38.9 Å². The summed E-state index contributed by atoms with van der Waals surface area (Å²) >= 11 is 0. The number of benzene rings is 1. The molecule has 1 heterocycles. The average molecular weight is 277 g/mol. The van der Waals surface area contributed by atoms with Crippen LogP contribution in [0.1, 0.15) is 31.2 Å². The molecule has 0 spiro atoms. The number of likely N-dealkylation sites (tertiary alicyclic amines) is 1. The second kappa shape index (κ2) is 8.02. The van der Waals surface area contributed by atoms with Crippen LogP contribution in [0.3, 0.4) is 0 Å². The van der Waals surface area contributed by atoms with Gasteiger partial charge in [-0.1, -0.05) is 30.3 Å². The van der Waals surface area contributed by atoms with Crippen molar-refractivity contribution < 1.29 is 14.6 Å². The van der Waals surface area contributed by atoms with Crippen LogP contribution in [-0.4, -0.2) is 41.8 Å². The van der Waals surface area contributed by atoms with Gasteiger partial charge in [0.25, 0.3) is 0 Å². The van der Waals surface area contributed by atoms with Gasteiger partial charge in [-0.2, -0.15) is 0 Å². The van der Waals surface area contributed by atoms with Crippen LogP contribution in [0.5, 0.6) is 0 Å². The second-order valence-electron chi connectivity index (χ2n) is 5.33. The Bertz CT molecular complexity index is 407. The SMILES string of the molecule is O=C(O)CCOC1CCCN(Cc2ccccc2)CC1. The van der Waals surface area contributed by atoms with Gasteiger partial charge in [0, 0.05) is 13.1 Å². The van der Waals surface area contributed by atoms with Gasteiger partial charge in [0.1, 0.15) is 0 Å². The van der Waals surface area contributed by atoms with Gasteiger partial charge in [0.05, 0.1) is 19.1 Å². The van der Waals surface area contributed by atoms with Crippen molar-refractivity contribution in [1.82, 2.24) is 4.90 Å². The molecule has 20 heavy (non-hydrogen) atoms. The van der Waals surface area contributed by atoms with Crippen LogP contribution >= 0.6 is 0 Å². The Morgan fingerprint density at radius 1 is 1.25 bits per heavy atom. The maximum atomic E-state index is 10.5. The molecule has 0 bridgehead atoms. The second-order valence-corrected chi connectivity index (χ2v) is 5.33.